The van der Waals surface area contributed by atoms with Crippen molar-refractivity contribution in [3.05, 3.63) is 24.3 Å². The molecule has 1 aliphatic rings. The molecule has 0 radical (unpaired) electrons. The molecular weight excluding hydrogens is 314 g/mol. The fourth-order valence-electron chi connectivity index (χ4n) is 2.09. The Morgan fingerprint density at radius 3 is 1.86 bits per heavy atom. The van der Waals surface area contributed by atoms with Gasteiger partial charge in [0.15, 0.2) is 0 Å². The summed E-state index contributed by atoms with van der Waals surface area (Å²) in [7, 11) is -3.87. The van der Waals surface area contributed by atoms with E-state index in [0.717, 1.165) is 0 Å². The van der Waals surface area contributed by atoms with Gasteiger partial charge in [-0.25, -0.2) is 21.6 Å². The van der Waals surface area contributed by atoms with E-state index in [4.69, 9.17) is 0 Å². The standard InChI is InChI=1S/C12H19N3O4S2/c1-13-20(16,17)11-3-5-12(6-4-11)21(18,19)15-9-7-14(2)8-10-15/h3-6,13H,7-10H2,1-2H3. The third-order valence-corrected chi connectivity index (χ3v) is 6.85. The van der Waals surface area contributed by atoms with Crippen LogP contribution in [0.4, 0.5) is 0 Å². The SMILES string of the molecule is CNS(=O)(=O)c1ccc(S(=O)(=O)N2CCN(C)CC2)cc1. The lowest BCUT2D eigenvalue weighted by molar-refractivity contribution is 0.222. The van der Waals surface area contributed by atoms with E-state index in [9.17, 15) is 16.8 Å². The Morgan fingerprint density at radius 1 is 0.905 bits per heavy atom. The highest BCUT2D eigenvalue weighted by Gasteiger charge is 2.27. The van der Waals surface area contributed by atoms with E-state index >= 15 is 0 Å². The van der Waals surface area contributed by atoms with Crippen LogP contribution in [0.25, 0.3) is 0 Å². The van der Waals surface area contributed by atoms with Gasteiger partial charge < -0.3 is 4.90 Å². The maximum Gasteiger partial charge on any atom is 0.243 e. The molecule has 0 atom stereocenters. The monoisotopic (exact) mass is 333 g/mol. The van der Waals surface area contributed by atoms with Gasteiger partial charge in [-0.3, -0.25) is 0 Å². The maximum absolute atomic E-state index is 12.5. The van der Waals surface area contributed by atoms with E-state index in [-0.39, 0.29) is 9.79 Å². The first-order valence-corrected chi connectivity index (χ1v) is 9.42. The largest absolute Gasteiger partial charge is 0.304 e. The topological polar surface area (TPSA) is 86.8 Å². The summed E-state index contributed by atoms with van der Waals surface area (Å²) in [6, 6.07) is 5.26. The molecule has 1 saturated heterocycles. The van der Waals surface area contributed by atoms with Crippen LogP contribution in [0.15, 0.2) is 34.1 Å². The first-order chi connectivity index (χ1) is 9.77. The van der Waals surface area contributed by atoms with Crippen LogP contribution in [0.1, 0.15) is 0 Å². The third-order valence-electron chi connectivity index (χ3n) is 3.50. The van der Waals surface area contributed by atoms with Crippen molar-refractivity contribution in [1.82, 2.24) is 13.9 Å². The normalized spacial score (nSPS) is 18.8. The van der Waals surface area contributed by atoms with E-state index < -0.39 is 20.0 Å². The fourth-order valence-corrected chi connectivity index (χ4v) is 4.24. The van der Waals surface area contributed by atoms with Crippen molar-refractivity contribution in [2.24, 2.45) is 0 Å². The van der Waals surface area contributed by atoms with E-state index in [0.29, 0.717) is 26.2 Å². The Morgan fingerprint density at radius 2 is 1.38 bits per heavy atom. The minimum Gasteiger partial charge on any atom is -0.304 e. The minimum absolute atomic E-state index is 0.0438. The molecule has 1 aromatic rings. The van der Waals surface area contributed by atoms with Crippen LogP contribution in [0, 0.1) is 0 Å². The van der Waals surface area contributed by atoms with Crippen molar-refractivity contribution in [1.29, 1.82) is 0 Å². The first kappa shape index (κ1) is 16.4. The number of benzene rings is 1. The number of hydrogen-bond acceptors (Lipinski definition) is 5. The summed E-state index contributed by atoms with van der Waals surface area (Å²) in [5, 5.41) is 0. The van der Waals surface area contributed by atoms with Crippen LogP contribution < -0.4 is 4.72 Å². The molecule has 0 aromatic heterocycles. The van der Waals surface area contributed by atoms with Gasteiger partial charge in [-0.1, -0.05) is 0 Å². The number of rotatable bonds is 4. The summed E-state index contributed by atoms with van der Waals surface area (Å²) < 4.78 is 51.8. The molecule has 0 bridgehead atoms. The Balaban J connectivity index is 2.26. The second kappa shape index (κ2) is 6.01. The molecule has 9 heteroatoms. The zero-order chi connectivity index (χ0) is 15.7. The van der Waals surface area contributed by atoms with E-state index in [2.05, 4.69) is 9.62 Å². The number of sulfonamides is 2. The van der Waals surface area contributed by atoms with Crippen LogP contribution in [0.5, 0.6) is 0 Å². The lowest BCUT2D eigenvalue weighted by Crippen LogP contribution is -2.47. The minimum atomic E-state index is -3.56. The molecule has 0 aliphatic carbocycles. The summed E-state index contributed by atoms with van der Waals surface area (Å²) in [6.07, 6.45) is 0. The van der Waals surface area contributed by atoms with Crippen molar-refractivity contribution in [3.8, 4) is 0 Å². The predicted molar refractivity (Wildman–Crippen MR) is 78.9 cm³/mol. The summed E-state index contributed by atoms with van der Waals surface area (Å²) in [4.78, 5) is 2.22. The highest BCUT2D eigenvalue weighted by atomic mass is 32.2. The summed E-state index contributed by atoms with van der Waals surface area (Å²) in [5.41, 5.74) is 0. The number of likely N-dealkylation sites (N-methyl/N-ethyl adjacent to an activating group) is 1. The number of nitrogens with zero attached hydrogens (tertiary/aromatic N) is 2. The Hall–Kier alpha value is -1.00. The number of piperazine rings is 1. The van der Waals surface area contributed by atoms with Crippen molar-refractivity contribution in [2.45, 2.75) is 9.79 Å². The molecule has 1 fully saturated rings. The second-order valence-corrected chi connectivity index (χ2v) is 8.71. The molecule has 1 aromatic carbocycles. The van der Waals surface area contributed by atoms with Crippen LogP contribution in [-0.4, -0.2) is 66.3 Å². The van der Waals surface area contributed by atoms with Gasteiger partial charge in [0.25, 0.3) is 0 Å². The highest BCUT2D eigenvalue weighted by molar-refractivity contribution is 7.89. The molecule has 21 heavy (non-hydrogen) atoms. The van der Waals surface area contributed by atoms with Crippen molar-refractivity contribution < 1.29 is 16.8 Å². The lowest BCUT2D eigenvalue weighted by atomic mass is 10.4. The van der Waals surface area contributed by atoms with Crippen LogP contribution in [-0.2, 0) is 20.0 Å². The van der Waals surface area contributed by atoms with Crippen molar-refractivity contribution in [3.63, 3.8) is 0 Å². The third kappa shape index (κ3) is 3.43. The molecular formula is C12H19N3O4S2. The van der Waals surface area contributed by atoms with Gasteiger partial charge in [0.05, 0.1) is 9.79 Å². The molecule has 1 N–H and O–H groups in total. The van der Waals surface area contributed by atoms with E-state index in [1.807, 2.05) is 7.05 Å². The average molecular weight is 333 g/mol. The van der Waals surface area contributed by atoms with Gasteiger partial charge in [-0.2, -0.15) is 4.31 Å². The molecule has 0 saturated carbocycles. The number of nitrogens with one attached hydrogen (secondary N) is 1. The molecule has 2 rings (SSSR count). The molecule has 118 valence electrons. The smallest absolute Gasteiger partial charge is 0.243 e. The molecule has 7 nitrogen and oxygen atoms in total. The maximum atomic E-state index is 12.5. The second-order valence-electron chi connectivity index (χ2n) is 4.89. The van der Waals surface area contributed by atoms with Gasteiger partial charge in [0.2, 0.25) is 20.0 Å². The van der Waals surface area contributed by atoms with Crippen LogP contribution >= 0.6 is 0 Å². The molecule has 0 unspecified atom stereocenters. The number of hydrogen-bond donors (Lipinski definition) is 1. The summed E-state index contributed by atoms with van der Waals surface area (Å²) in [5.74, 6) is 0. The van der Waals surface area contributed by atoms with Crippen LogP contribution in [0.2, 0.25) is 0 Å². The van der Waals surface area contributed by atoms with E-state index in [1.165, 1.54) is 35.6 Å². The van der Waals surface area contributed by atoms with Crippen LogP contribution in [0.3, 0.4) is 0 Å². The Bertz CT molecular complexity index is 691. The van der Waals surface area contributed by atoms with Gasteiger partial charge in [-0.15, -0.1) is 0 Å². The molecule has 1 heterocycles. The highest BCUT2D eigenvalue weighted by Crippen LogP contribution is 2.19. The quantitative estimate of drug-likeness (QED) is 0.805. The van der Waals surface area contributed by atoms with Gasteiger partial charge in [-0.05, 0) is 38.4 Å². The lowest BCUT2D eigenvalue weighted by Gasteiger charge is -2.31. The molecule has 1 aliphatic heterocycles. The Labute approximate surface area is 125 Å². The van der Waals surface area contributed by atoms with Gasteiger partial charge in [0.1, 0.15) is 0 Å². The predicted octanol–water partition coefficient (Wildman–Crippen LogP) is -0.469. The summed E-state index contributed by atoms with van der Waals surface area (Å²) in [6.45, 7) is 2.25. The first-order valence-electron chi connectivity index (χ1n) is 6.50. The zero-order valence-electron chi connectivity index (χ0n) is 12.0. The Kier molecular flexibility index (Phi) is 4.69. The van der Waals surface area contributed by atoms with E-state index in [1.54, 1.807) is 0 Å². The van der Waals surface area contributed by atoms with Gasteiger partial charge in [0, 0.05) is 26.2 Å². The zero-order valence-corrected chi connectivity index (χ0v) is 13.6. The molecule has 0 amide bonds. The van der Waals surface area contributed by atoms with Gasteiger partial charge >= 0.3 is 0 Å². The van der Waals surface area contributed by atoms with Crippen molar-refractivity contribution >= 4 is 20.0 Å². The summed E-state index contributed by atoms with van der Waals surface area (Å²) >= 11 is 0. The molecule has 0 spiro atoms. The average Bonchev–Trinajstić information content (AvgIpc) is 2.48. The fraction of sp³-hybridized carbons (Fsp3) is 0.500. The van der Waals surface area contributed by atoms with Crippen molar-refractivity contribution in [2.75, 3.05) is 40.3 Å².